The van der Waals surface area contributed by atoms with E-state index in [-0.39, 0.29) is 12.0 Å². The van der Waals surface area contributed by atoms with E-state index in [9.17, 15) is 4.79 Å². The lowest BCUT2D eigenvalue weighted by Gasteiger charge is -2.14. The number of benzene rings is 1. The van der Waals surface area contributed by atoms with Crippen LogP contribution in [0.15, 0.2) is 22.7 Å². The van der Waals surface area contributed by atoms with Crippen molar-refractivity contribution in [3.8, 4) is 6.07 Å². The second-order valence-corrected chi connectivity index (χ2v) is 5.35. The molecule has 0 spiro atoms. The third-order valence-electron chi connectivity index (χ3n) is 3.24. The molecule has 2 rings (SSSR count). The first kappa shape index (κ1) is 12.9. The average molecular weight is 309 g/mol. The molecular formula is C13H13BrN2O2. The molecular weight excluding hydrogens is 296 g/mol. The molecule has 0 aliphatic heterocycles. The van der Waals surface area contributed by atoms with Gasteiger partial charge in [0.15, 0.2) is 0 Å². The predicted molar refractivity (Wildman–Crippen MR) is 71.2 cm³/mol. The summed E-state index contributed by atoms with van der Waals surface area (Å²) < 4.78 is 0.753. The molecule has 0 radical (unpaired) electrons. The number of carboxylic acid groups (broad SMARTS) is 1. The number of anilines is 1. The van der Waals surface area contributed by atoms with Crippen LogP contribution in [-0.2, 0) is 4.79 Å². The second-order valence-electron chi connectivity index (χ2n) is 4.50. The Balaban J connectivity index is 2.01. The molecule has 2 N–H and O–H groups in total. The maximum atomic E-state index is 10.9. The molecule has 18 heavy (non-hydrogen) atoms. The highest BCUT2D eigenvalue weighted by molar-refractivity contribution is 9.10. The summed E-state index contributed by atoms with van der Waals surface area (Å²) in [5.74, 6) is -0.940. The lowest BCUT2D eigenvalue weighted by Crippen LogP contribution is -2.17. The number of nitriles is 1. The summed E-state index contributed by atoms with van der Waals surface area (Å²) in [6.07, 6.45) is 2.26. The van der Waals surface area contributed by atoms with Gasteiger partial charge < -0.3 is 10.4 Å². The van der Waals surface area contributed by atoms with Crippen LogP contribution in [-0.4, -0.2) is 17.1 Å². The van der Waals surface area contributed by atoms with Crippen molar-refractivity contribution in [1.82, 2.24) is 0 Å². The summed E-state index contributed by atoms with van der Waals surface area (Å²) in [4.78, 5) is 10.9. The van der Waals surface area contributed by atoms with Gasteiger partial charge >= 0.3 is 5.97 Å². The van der Waals surface area contributed by atoms with Crippen LogP contribution >= 0.6 is 15.9 Å². The van der Waals surface area contributed by atoms with Crippen molar-refractivity contribution in [3.05, 3.63) is 28.2 Å². The number of rotatable bonds is 3. The molecule has 4 nitrogen and oxygen atoms in total. The van der Waals surface area contributed by atoms with Crippen molar-refractivity contribution >= 4 is 27.6 Å². The minimum Gasteiger partial charge on any atom is -0.481 e. The maximum Gasteiger partial charge on any atom is 0.306 e. The first-order valence-corrected chi connectivity index (χ1v) is 6.58. The molecule has 1 aromatic carbocycles. The highest BCUT2D eigenvalue weighted by atomic mass is 79.9. The summed E-state index contributed by atoms with van der Waals surface area (Å²) in [6, 6.07) is 7.73. The molecule has 1 aliphatic rings. The Kier molecular flexibility index (Phi) is 3.87. The molecule has 5 heteroatoms. The Hall–Kier alpha value is -1.54. The maximum absolute atomic E-state index is 10.9. The van der Waals surface area contributed by atoms with Crippen molar-refractivity contribution < 1.29 is 9.90 Å². The lowest BCUT2D eigenvalue weighted by atomic mass is 10.1. The number of hydrogen-bond donors (Lipinski definition) is 2. The second kappa shape index (κ2) is 5.40. The van der Waals surface area contributed by atoms with Crippen LogP contribution in [0, 0.1) is 17.2 Å². The summed E-state index contributed by atoms with van der Waals surface area (Å²) >= 11 is 3.34. The van der Waals surface area contributed by atoms with Gasteiger partial charge in [-0.3, -0.25) is 4.79 Å². The Labute approximate surface area is 114 Å². The van der Waals surface area contributed by atoms with E-state index in [0.717, 1.165) is 23.0 Å². The van der Waals surface area contributed by atoms with Crippen molar-refractivity contribution in [1.29, 1.82) is 5.26 Å². The molecule has 94 valence electrons. The van der Waals surface area contributed by atoms with Crippen LogP contribution in [0.25, 0.3) is 0 Å². The number of nitrogens with zero attached hydrogens (tertiary/aromatic N) is 1. The summed E-state index contributed by atoms with van der Waals surface area (Å²) in [5.41, 5.74) is 1.51. The third kappa shape index (κ3) is 2.82. The van der Waals surface area contributed by atoms with Crippen molar-refractivity contribution in [2.75, 3.05) is 5.32 Å². The Morgan fingerprint density at radius 2 is 2.28 bits per heavy atom. The number of aliphatic carboxylic acids is 1. The molecule has 0 aromatic heterocycles. The van der Waals surface area contributed by atoms with Crippen molar-refractivity contribution in [2.24, 2.45) is 5.92 Å². The van der Waals surface area contributed by atoms with Gasteiger partial charge in [-0.1, -0.05) is 0 Å². The van der Waals surface area contributed by atoms with Gasteiger partial charge in [-0.2, -0.15) is 5.26 Å². The first-order valence-electron chi connectivity index (χ1n) is 5.79. The van der Waals surface area contributed by atoms with E-state index in [0.29, 0.717) is 12.0 Å². The molecule has 1 aromatic rings. The molecule has 1 saturated carbocycles. The van der Waals surface area contributed by atoms with Gasteiger partial charge in [-0.25, -0.2) is 0 Å². The molecule has 0 heterocycles. The number of hydrogen-bond acceptors (Lipinski definition) is 3. The van der Waals surface area contributed by atoms with Gasteiger partial charge in [-0.05, 0) is 53.4 Å². The zero-order valence-electron chi connectivity index (χ0n) is 9.69. The summed E-state index contributed by atoms with van der Waals surface area (Å²) in [5, 5.41) is 21.1. The van der Waals surface area contributed by atoms with Crippen LogP contribution < -0.4 is 5.32 Å². The zero-order chi connectivity index (χ0) is 13.1. The van der Waals surface area contributed by atoms with Gasteiger partial charge in [0.2, 0.25) is 0 Å². The molecule has 0 saturated heterocycles. The van der Waals surface area contributed by atoms with Crippen LogP contribution in [0.5, 0.6) is 0 Å². The van der Waals surface area contributed by atoms with Crippen molar-refractivity contribution in [2.45, 2.75) is 25.3 Å². The first-order chi connectivity index (χ1) is 8.60. The Morgan fingerprint density at radius 1 is 1.50 bits per heavy atom. The minimum absolute atomic E-state index is 0.200. The van der Waals surface area contributed by atoms with Gasteiger partial charge in [0.25, 0.3) is 0 Å². The van der Waals surface area contributed by atoms with E-state index in [4.69, 9.17) is 10.4 Å². The number of carbonyl (C=O) groups is 1. The van der Waals surface area contributed by atoms with E-state index in [1.54, 1.807) is 6.07 Å². The standard InChI is InChI=1S/C13H13BrN2O2/c14-12-6-11(4-2-9(12)7-15)16-10-3-1-8(5-10)13(17)18/h2,4,6,8,10,16H,1,3,5H2,(H,17,18). The van der Waals surface area contributed by atoms with Crippen LogP contribution in [0.1, 0.15) is 24.8 Å². The monoisotopic (exact) mass is 308 g/mol. The van der Waals surface area contributed by atoms with E-state index in [1.165, 1.54) is 0 Å². The molecule has 1 aliphatic carbocycles. The molecule has 0 amide bonds. The van der Waals surface area contributed by atoms with E-state index >= 15 is 0 Å². The van der Waals surface area contributed by atoms with Crippen LogP contribution in [0.4, 0.5) is 5.69 Å². The highest BCUT2D eigenvalue weighted by Crippen LogP contribution is 2.29. The topological polar surface area (TPSA) is 73.1 Å². The largest absolute Gasteiger partial charge is 0.481 e. The van der Waals surface area contributed by atoms with Crippen LogP contribution in [0.2, 0.25) is 0 Å². The number of nitrogens with one attached hydrogen (secondary N) is 1. The fourth-order valence-electron chi connectivity index (χ4n) is 2.27. The minimum atomic E-state index is -0.708. The van der Waals surface area contributed by atoms with Crippen LogP contribution in [0.3, 0.4) is 0 Å². The van der Waals surface area contributed by atoms with Gasteiger partial charge in [0, 0.05) is 16.2 Å². The SMILES string of the molecule is N#Cc1ccc(NC2CCC(C(=O)O)C2)cc1Br. The molecule has 0 bridgehead atoms. The quantitative estimate of drug-likeness (QED) is 0.900. The van der Waals surface area contributed by atoms with E-state index in [1.807, 2.05) is 12.1 Å². The smallest absolute Gasteiger partial charge is 0.306 e. The Morgan fingerprint density at radius 3 is 2.83 bits per heavy atom. The number of halogens is 1. The Bertz CT molecular complexity index is 510. The zero-order valence-corrected chi connectivity index (χ0v) is 11.3. The number of carboxylic acids is 1. The van der Waals surface area contributed by atoms with Gasteiger partial charge in [0.1, 0.15) is 6.07 Å². The van der Waals surface area contributed by atoms with E-state index in [2.05, 4.69) is 27.3 Å². The summed E-state index contributed by atoms with van der Waals surface area (Å²) in [7, 11) is 0. The van der Waals surface area contributed by atoms with Gasteiger partial charge in [0.05, 0.1) is 11.5 Å². The molecule has 1 fully saturated rings. The fourth-order valence-corrected chi connectivity index (χ4v) is 2.74. The predicted octanol–water partition coefficient (Wildman–Crippen LogP) is 2.99. The van der Waals surface area contributed by atoms with E-state index < -0.39 is 5.97 Å². The van der Waals surface area contributed by atoms with Crippen molar-refractivity contribution in [3.63, 3.8) is 0 Å². The highest BCUT2D eigenvalue weighted by Gasteiger charge is 2.29. The third-order valence-corrected chi connectivity index (χ3v) is 3.90. The average Bonchev–Trinajstić information content (AvgIpc) is 2.78. The lowest BCUT2D eigenvalue weighted by molar-refractivity contribution is -0.141. The fraction of sp³-hybridized carbons (Fsp3) is 0.385. The molecule has 2 unspecified atom stereocenters. The normalized spacial score (nSPS) is 22.4. The molecule has 2 atom stereocenters. The van der Waals surface area contributed by atoms with Gasteiger partial charge in [-0.15, -0.1) is 0 Å². The summed E-state index contributed by atoms with van der Waals surface area (Å²) in [6.45, 7) is 0.